The van der Waals surface area contributed by atoms with Crippen LogP contribution in [0, 0.1) is 5.92 Å². The molecule has 0 spiro atoms. The van der Waals surface area contributed by atoms with Crippen LogP contribution >= 0.6 is 27.5 Å². The topological polar surface area (TPSA) is 50.4 Å². The number of nitrogens with one attached hydrogen (secondary N) is 1. The minimum Gasteiger partial charge on any atom is -0.370 e. The molecule has 0 aromatic heterocycles. The summed E-state index contributed by atoms with van der Waals surface area (Å²) in [6.45, 7) is 4.88. The van der Waals surface area contributed by atoms with Gasteiger partial charge in [-0.1, -0.05) is 25.4 Å². The van der Waals surface area contributed by atoms with Gasteiger partial charge in [-0.15, -0.1) is 0 Å². The van der Waals surface area contributed by atoms with Gasteiger partial charge in [-0.3, -0.25) is 4.99 Å². The Morgan fingerprint density at radius 3 is 2.88 bits per heavy atom. The average Bonchev–Trinajstić information content (AvgIpc) is 2.20. The summed E-state index contributed by atoms with van der Waals surface area (Å²) in [4.78, 5) is 4.21. The maximum Gasteiger partial charge on any atom is 0.193 e. The summed E-state index contributed by atoms with van der Waals surface area (Å²) in [5, 5.41) is 3.66. The first-order valence-corrected chi connectivity index (χ1v) is 6.18. The highest BCUT2D eigenvalue weighted by molar-refractivity contribution is 9.10. The van der Waals surface area contributed by atoms with E-state index >= 15 is 0 Å². The fourth-order valence-electron chi connectivity index (χ4n) is 1.05. The van der Waals surface area contributed by atoms with Crippen LogP contribution in [0.4, 0.5) is 5.69 Å². The van der Waals surface area contributed by atoms with Gasteiger partial charge in [0.15, 0.2) is 5.96 Å². The van der Waals surface area contributed by atoms with Crippen molar-refractivity contribution in [3.63, 3.8) is 0 Å². The van der Waals surface area contributed by atoms with Gasteiger partial charge in [0.25, 0.3) is 0 Å². The maximum atomic E-state index is 5.89. The highest BCUT2D eigenvalue weighted by Gasteiger charge is 2.02. The fraction of sp³-hybridized carbons (Fsp3) is 0.364. The van der Waals surface area contributed by atoms with E-state index in [1.807, 2.05) is 6.07 Å². The van der Waals surface area contributed by atoms with Crippen molar-refractivity contribution in [3.8, 4) is 0 Å². The number of anilines is 1. The van der Waals surface area contributed by atoms with Crippen LogP contribution in [0.25, 0.3) is 0 Å². The largest absolute Gasteiger partial charge is 0.370 e. The predicted octanol–water partition coefficient (Wildman–Crippen LogP) is 3.49. The molecule has 1 aromatic rings. The Morgan fingerprint density at radius 2 is 2.25 bits per heavy atom. The Morgan fingerprint density at radius 1 is 1.56 bits per heavy atom. The number of nitrogens with two attached hydrogens (primary N) is 1. The van der Waals surface area contributed by atoms with Gasteiger partial charge in [0, 0.05) is 16.0 Å². The lowest BCUT2D eigenvalue weighted by Crippen LogP contribution is -2.23. The molecule has 0 aliphatic carbocycles. The van der Waals surface area contributed by atoms with Gasteiger partial charge in [-0.2, -0.15) is 0 Å². The molecular formula is C11H15BrClN3. The Balaban J connectivity index is 2.72. The molecule has 0 bridgehead atoms. The molecule has 0 atom stereocenters. The Kier molecular flexibility index (Phi) is 5.09. The molecule has 16 heavy (non-hydrogen) atoms. The monoisotopic (exact) mass is 303 g/mol. The zero-order valence-electron chi connectivity index (χ0n) is 9.30. The number of hydrogen-bond donors (Lipinski definition) is 2. The average molecular weight is 305 g/mol. The van der Waals surface area contributed by atoms with Crippen LogP contribution in [0.2, 0.25) is 5.02 Å². The number of hydrogen-bond acceptors (Lipinski definition) is 1. The summed E-state index contributed by atoms with van der Waals surface area (Å²) in [6.07, 6.45) is 0. The van der Waals surface area contributed by atoms with Crippen molar-refractivity contribution in [2.45, 2.75) is 13.8 Å². The third kappa shape index (κ3) is 4.41. The first-order valence-electron chi connectivity index (χ1n) is 5.01. The van der Waals surface area contributed by atoms with E-state index in [-0.39, 0.29) is 0 Å². The Labute approximate surface area is 109 Å². The lowest BCUT2D eigenvalue weighted by Gasteiger charge is -2.08. The third-order valence-corrected chi connectivity index (χ3v) is 2.74. The summed E-state index contributed by atoms with van der Waals surface area (Å²) in [5.41, 5.74) is 6.57. The Hall–Kier alpha value is -0.740. The number of aliphatic imine (C=N–C) groups is 1. The van der Waals surface area contributed by atoms with Crippen molar-refractivity contribution in [1.82, 2.24) is 0 Å². The van der Waals surface area contributed by atoms with E-state index < -0.39 is 0 Å². The van der Waals surface area contributed by atoms with Crippen LogP contribution in [0.1, 0.15) is 13.8 Å². The summed E-state index contributed by atoms with van der Waals surface area (Å²) in [6, 6.07) is 5.46. The lowest BCUT2D eigenvalue weighted by molar-refractivity contribution is 0.665. The number of halogens is 2. The zero-order valence-corrected chi connectivity index (χ0v) is 11.6. The summed E-state index contributed by atoms with van der Waals surface area (Å²) < 4.78 is 0.902. The van der Waals surface area contributed by atoms with E-state index in [1.54, 1.807) is 12.1 Å². The van der Waals surface area contributed by atoms with Gasteiger partial charge >= 0.3 is 0 Å². The molecule has 88 valence electrons. The minimum atomic E-state index is 0.400. The molecule has 3 N–H and O–H groups in total. The van der Waals surface area contributed by atoms with Crippen molar-refractivity contribution in [3.05, 3.63) is 27.7 Å². The van der Waals surface area contributed by atoms with Crippen molar-refractivity contribution >= 4 is 39.2 Å². The second-order valence-electron chi connectivity index (χ2n) is 3.87. The van der Waals surface area contributed by atoms with Crippen molar-refractivity contribution < 1.29 is 0 Å². The van der Waals surface area contributed by atoms with Crippen molar-refractivity contribution in [2.75, 3.05) is 11.9 Å². The van der Waals surface area contributed by atoms with Crippen LogP contribution in [0.5, 0.6) is 0 Å². The van der Waals surface area contributed by atoms with E-state index in [2.05, 4.69) is 40.1 Å². The van der Waals surface area contributed by atoms with Crippen LogP contribution in [-0.2, 0) is 0 Å². The number of guanidine groups is 1. The van der Waals surface area contributed by atoms with Gasteiger partial charge in [0.1, 0.15) is 0 Å². The second kappa shape index (κ2) is 6.11. The van der Waals surface area contributed by atoms with Gasteiger partial charge < -0.3 is 11.1 Å². The maximum absolute atomic E-state index is 5.89. The van der Waals surface area contributed by atoms with Crippen LogP contribution in [0.3, 0.4) is 0 Å². The van der Waals surface area contributed by atoms with Gasteiger partial charge in [0.05, 0.1) is 5.69 Å². The van der Waals surface area contributed by atoms with Crippen molar-refractivity contribution in [1.29, 1.82) is 0 Å². The molecule has 0 aliphatic heterocycles. The van der Waals surface area contributed by atoms with Gasteiger partial charge in [-0.05, 0) is 40.0 Å². The van der Waals surface area contributed by atoms with Crippen LogP contribution < -0.4 is 11.1 Å². The first kappa shape index (κ1) is 13.3. The predicted molar refractivity (Wildman–Crippen MR) is 74.1 cm³/mol. The molecule has 0 unspecified atom stereocenters. The number of nitrogens with zero attached hydrogens (tertiary/aromatic N) is 1. The molecule has 1 aromatic carbocycles. The van der Waals surface area contributed by atoms with Crippen LogP contribution in [-0.4, -0.2) is 12.5 Å². The second-order valence-corrected chi connectivity index (χ2v) is 5.16. The summed E-state index contributed by atoms with van der Waals surface area (Å²) in [7, 11) is 0. The van der Waals surface area contributed by atoms with Crippen molar-refractivity contribution in [2.24, 2.45) is 16.6 Å². The van der Waals surface area contributed by atoms with Crippen LogP contribution in [0.15, 0.2) is 27.7 Å². The van der Waals surface area contributed by atoms with E-state index in [9.17, 15) is 0 Å². The zero-order chi connectivity index (χ0) is 12.1. The molecule has 0 fully saturated rings. The molecular weight excluding hydrogens is 289 g/mol. The summed E-state index contributed by atoms with van der Waals surface area (Å²) in [5.74, 6) is 0.889. The quantitative estimate of drug-likeness (QED) is 0.663. The van der Waals surface area contributed by atoms with E-state index in [0.717, 1.165) is 10.2 Å². The molecule has 0 heterocycles. The highest BCUT2D eigenvalue weighted by atomic mass is 79.9. The highest BCUT2D eigenvalue weighted by Crippen LogP contribution is 2.25. The number of benzene rings is 1. The van der Waals surface area contributed by atoms with Gasteiger partial charge in [-0.25, -0.2) is 0 Å². The molecule has 0 radical (unpaired) electrons. The SMILES string of the molecule is CC(C)CN=C(N)Nc1cc(Cl)ccc1Br. The Bertz CT molecular complexity index is 391. The molecule has 0 saturated heterocycles. The van der Waals surface area contributed by atoms with E-state index in [1.165, 1.54) is 0 Å². The smallest absolute Gasteiger partial charge is 0.193 e. The molecule has 3 nitrogen and oxygen atoms in total. The molecule has 0 amide bonds. The normalized spacial score (nSPS) is 11.9. The molecule has 5 heteroatoms. The third-order valence-electron chi connectivity index (χ3n) is 1.82. The fourth-order valence-corrected chi connectivity index (χ4v) is 1.57. The summed E-state index contributed by atoms with van der Waals surface area (Å²) >= 11 is 9.29. The lowest BCUT2D eigenvalue weighted by atomic mass is 10.2. The molecule has 0 saturated carbocycles. The minimum absolute atomic E-state index is 0.400. The standard InChI is InChI=1S/C11H15BrClN3/c1-7(2)6-15-11(14)16-10-5-8(13)3-4-9(10)12/h3-5,7H,6H2,1-2H3,(H3,14,15,16). The number of rotatable bonds is 3. The van der Waals surface area contributed by atoms with Gasteiger partial charge in [0.2, 0.25) is 0 Å². The molecule has 0 aliphatic rings. The van der Waals surface area contributed by atoms with E-state index in [4.69, 9.17) is 17.3 Å². The first-order chi connectivity index (χ1) is 7.49. The molecule has 1 rings (SSSR count). The van der Waals surface area contributed by atoms with E-state index in [0.29, 0.717) is 23.4 Å².